The van der Waals surface area contributed by atoms with Gasteiger partial charge in [-0.05, 0) is 5.56 Å². The SMILES string of the molecule is O=C1O[C@H](COCc2ccccc2)[C@@H](O)[C@H]1O. The number of carbonyl (C=O) groups excluding carboxylic acids is 1. The first kappa shape index (κ1) is 12.0. The summed E-state index contributed by atoms with van der Waals surface area (Å²) in [6.45, 7) is 0.441. The molecule has 92 valence electrons. The highest BCUT2D eigenvalue weighted by atomic mass is 16.6. The van der Waals surface area contributed by atoms with Crippen molar-refractivity contribution in [3.8, 4) is 0 Å². The first-order chi connectivity index (χ1) is 8.18. The highest BCUT2D eigenvalue weighted by molar-refractivity contribution is 5.77. The summed E-state index contributed by atoms with van der Waals surface area (Å²) >= 11 is 0. The van der Waals surface area contributed by atoms with Crippen LogP contribution >= 0.6 is 0 Å². The van der Waals surface area contributed by atoms with Gasteiger partial charge < -0.3 is 19.7 Å². The molecule has 1 saturated heterocycles. The Morgan fingerprint density at radius 1 is 1.24 bits per heavy atom. The van der Waals surface area contributed by atoms with E-state index in [1.165, 1.54) is 0 Å². The van der Waals surface area contributed by atoms with Gasteiger partial charge in [0.15, 0.2) is 12.2 Å². The van der Waals surface area contributed by atoms with Crippen molar-refractivity contribution in [2.24, 2.45) is 0 Å². The molecule has 0 saturated carbocycles. The fraction of sp³-hybridized carbons (Fsp3) is 0.417. The Balaban J connectivity index is 1.78. The van der Waals surface area contributed by atoms with Gasteiger partial charge in [-0.15, -0.1) is 0 Å². The molecule has 0 aromatic heterocycles. The fourth-order valence-electron chi connectivity index (χ4n) is 1.63. The lowest BCUT2D eigenvalue weighted by Gasteiger charge is -2.13. The van der Waals surface area contributed by atoms with Crippen LogP contribution in [-0.2, 0) is 20.9 Å². The van der Waals surface area contributed by atoms with Gasteiger partial charge in [-0.2, -0.15) is 0 Å². The lowest BCUT2D eigenvalue weighted by molar-refractivity contribution is -0.149. The molecule has 0 amide bonds. The average molecular weight is 238 g/mol. The maximum Gasteiger partial charge on any atom is 0.338 e. The predicted octanol–water partition coefficient (Wildman–Crippen LogP) is -0.150. The number of ether oxygens (including phenoxy) is 2. The van der Waals surface area contributed by atoms with Crippen molar-refractivity contribution >= 4 is 5.97 Å². The third-order valence-corrected chi connectivity index (χ3v) is 2.61. The number of aliphatic hydroxyl groups is 2. The minimum absolute atomic E-state index is 0.0683. The normalized spacial score (nSPS) is 28.1. The van der Waals surface area contributed by atoms with Crippen molar-refractivity contribution in [1.29, 1.82) is 0 Å². The molecule has 0 unspecified atom stereocenters. The Bertz CT molecular complexity index is 378. The van der Waals surface area contributed by atoms with E-state index in [-0.39, 0.29) is 6.61 Å². The molecule has 1 aliphatic heterocycles. The van der Waals surface area contributed by atoms with Crippen LogP contribution in [0.1, 0.15) is 5.56 Å². The molecule has 0 radical (unpaired) electrons. The number of aliphatic hydroxyl groups excluding tert-OH is 2. The van der Waals surface area contributed by atoms with Crippen LogP contribution in [0.15, 0.2) is 30.3 Å². The smallest absolute Gasteiger partial charge is 0.338 e. The second-order valence-electron chi connectivity index (χ2n) is 3.91. The third kappa shape index (κ3) is 2.82. The number of rotatable bonds is 4. The Labute approximate surface area is 98.6 Å². The van der Waals surface area contributed by atoms with Crippen LogP contribution in [0.3, 0.4) is 0 Å². The largest absolute Gasteiger partial charge is 0.455 e. The number of esters is 1. The summed E-state index contributed by atoms with van der Waals surface area (Å²) in [5, 5.41) is 18.6. The van der Waals surface area contributed by atoms with Gasteiger partial charge in [-0.1, -0.05) is 30.3 Å². The number of cyclic esters (lactones) is 1. The maximum atomic E-state index is 10.9. The predicted molar refractivity (Wildman–Crippen MR) is 58.0 cm³/mol. The monoisotopic (exact) mass is 238 g/mol. The van der Waals surface area contributed by atoms with Gasteiger partial charge >= 0.3 is 5.97 Å². The first-order valence-corrected chi connectivity index (χ1v) is 5.37. The van der Waals surface area contributed by atoms with Crippen molar-refractivity contribution in [1.82, 2.24) is 0 Å². The summed E-state index contributed by atoms with van der Waals surface area (Å²) in [6.07, 6.45) is -3.46. The van der Waals surface area contributed by atoms with Gasteiger partial charge in [-0.25, -0.2) is 4.79 Å². The second kappa shape index (κ2) is 5.27. The van der Waals surface area contributed by atoms with E-state index in [0.29, 0.717) is 6.61 Å². The molecule has 3 atom stereocenters. The van der Waals surface area contributed by atoms with Crippen LogP contribution in [-0.4, -0.2) is 41.1 Å². The van der Waals surface area contributed by atoms with Gasteiger partial charge in [0.1, 0.15) is 6.10 Å². The summed E-state index contributed by atoms with van der Waals surface area (Å²) in [5.74, 6) is -0.800. The number of hydrogen-bond donors (Lipinski definition) is 2. The van der Waals surface area contributed by atoms with Crippen LogP contribution < -0.4 is 0 Å². The van der Waals surface area contributed by atoms with Crippen LogP contribution in [0.2, 0.25) is 0 Å². The maximum absolute atomic E-state index is 10.9. The Hall–Kier alpha value is -1.43. The molecule has 0 bridgehead atoms. The third-order valence-electron chi connectivity index (χ3n) is 2.61. The molecule has 1 aliphatic rings. The van der Waals surface area contributed by atoms with E-state index < -0.39 is 24.3 Å². The van der Waals surface area contributed by atoms with Crippen molar-refractivity contribution in [2.75, 3.05) is 6.61 Å². The average Bonchev–Trinajstić information content (AvgIpc) is 2.59. The van der Waals surface area contributed by atoms with Crippen molar-refractivity contribution in [3.63, 3.8) is 0 Å². The van der Waals surface area contributed by atoms with Gasteiger partial charge in [-0.3, -0.25) is 0 Å². The molecular formula is C12H14O5. The summed E-state index contributed by atoms with van der Waals surface area (Å²) in [5.41, 5.74) is 0.992. The van der Waals surface area contributed by atoms with E-state index in [0.717, 1.165) is 5.56 Å². The van der Waals surface area contributed by atoms with Gasteiger partial charge in [0.05, 0.1) is 13.2 Å². The Kier molecular flexibility index (Phi) is 3.73. The van der Waals surface area contributed by atoms with E-state index in [4.69, 9.17) is 9.47 Å². The van der Waals surface area contributed by atoms with Crippen LogP contribution in [0, 0.1) is 0 Å². The minimum Gasteiger partial charge on any atom is -0.455 e. The van der Waals surface area contributed by atoms with E-state index in [1.807, 2.05) is 30.3 Å². The van der Waals surface area contributed by atoms with Crippen molar-refractivity contribution in [2.45, 2.75) is 24.9 Å². The zero-order valence-electron chi connectivity index (χ0n) is 9.15. The van der Waals surface area contributed by atoms with E-state index in [1.54, 1.807) is 0 Å². The lowest BCUT2D eigenvalue weighted by atomic mass is 10.1. The zero-order valence-corrected chi connectivity index (χ0v) is 9.15. The molecule has 2 N–H and O–H groups in total. The highest BCUT2D eigenvalue weighted by Crippen LogP contribution is 2.16. The van der Waals surface area contributed by atoms with Crippen molar-refractivity contribution in [3.05, 3.63) is 35.9 Å². The summed E-state index contributed by atoms with van der Waals surface area (Å²) < 4.78 is 10.1. The van der Waals surface area contributed by atoms with Crippen LogP contribution in [0.4, 0.5) is 0 Å². The summed E-state index contributed by atoms with van der Waals surface area (Å²) in [7, 11) is 0. The Morgan fingerprint density at radius 2 is 1.94 bits per heavy atom. The first-order valence-electron chi connectivity index (χ1n) is 5.37. The van der Waals surface area contributed by atoms with Gasteiger partial charge in [0.25, 0.3) is 0 Å². The lowest BCUT2D eigenvalue weighted by Crippen LogP contribution is -2.33. The summed E-state index contributed by atoms with van der Waals surface area (Å²) in [6, 6.07) is 9.51. The summed E-state index contributed by atoms with van der Waals surface area (Å²) in [4.78, 5) is 10.9. The molecule has 0 spiro atoms. The highest BCUT2D eigenvalue weighted by Gasteiger charge is 2.42. The van der Waals surface area contributed by atoms with Crippen molar-refractivity contribution < 1.29 is 24.5 Å². The quantitative estimate of drug-likeness (QED) is 0.713. The van der Waals surface area contributed by atoms with Crippen LogP contribution in [0.5, 0.6) is 0 Å². The topological polar surface area (TPSA) is 76.0 Å². The van der Waals surface area contributed by atoms with E-state index in [2.05, 4.69) is 0 Å². The number of carbonyl (C=O) groups is 1. The molecule has 1 aromatic rings. The molecule has 5 heteroatoms. The second-order valence-corrected chi connectivity index (χ2v) is 3.91. The van der Waals surface area contributed by atoms with E-state index >= 15 is 0 Å². The Morgan fingerprint density at radius 3 is 2.53 bits per heavy atom. The zero-order chi connectivity index (χ0) is 12.3. The van der Waals surface area contributed by atoms with Gasteiger partial charge in [0.2, 0.25) is 0 Å². The fourth-order valence-corrected chi connectivity index (χ4v) is 1.63. The molecular weight excluding hydrogens is 224 g/mol. The standard InChI is InChI=1S/C12H14O5/c13-10-9(17-12(15)11(10)14)7-16-6-8-4-2-1-3-5-8/h1-5,9-11,13-14H,6-7H2/t9-,10-,11-/m1/s1. The molecule has 2 rings (SSSR count). The molecule has 0 aliphatic carbocycles. The van der Waals surface area contributed by atoms with Crippen LogP contribution in [0.25, 0.3) is 0 Å². The molecule has 17 heavy (non-hydrogen) atoms. The molecule has 5 nitrogen and oxygen atoms in total. The molecule has 1 aromatic carbocycles. The molecule has 1 fully saturated rings. The molecule has 1 heterocycles. The van der Waals surface area contributed by atoms with E-state index in [9.17, 15) is 15.0 Å². The number of hydrogen-bond acceptors (Lipinski definition) is 5. The number of benzene rings is 1. The van der Waals surface area contributed by atoms with Gasteiger partial charge in [0, 0.05) is 0 Å². The minimum atomic E-state index is -1.46.